The lowest BCUT2D eigenvalue weighted by atomic mass is 10.1. The van der Waals surface area contributed by atoms with E-state index < -0.39 is 0 Å². The first-order chi connectivity index (χ1) is 7.15. The first-order valence-electron chi connectivity index (χ1n) is 4.65. The number of anilines is 1. The molecule has 0 bridgehead atoms. The lowest BCUT2D eigenvalue weighted by Gasteiger charge is -2.39. The van der Waals surface area contributed by atoms with E-state index >= 15 is 0 Å². The minimum Gasteiger partial charge on any atom is -0.350 e. The molecule has 2 heterocycles. The van der Waals surface area contributed by atoms with E-state index in [1.54, 1.807) is 12.4 Å². The molecule has 1 aliphatic rings. The van der Waals surface area contributed by atoms with Crippen molar-refractivity contribution in [1.29, 1.82) is 0 Å². The summed E-state index contributed by atoms with van der Waals surface area (Å²) in [6.07, 6.45) is 3.13. The van der Waals surface area contributed by atoms with Gasteiger partial charge in [-0.1, -0.05) is 11.6 Å². The fraction of sp³-hybridized carbons (Fsp3) is 0.444. The quantitative estimate of drug-likeness (QED) is 0.796. The Morgan fingerprint density at radius 1 is 1.53 bits per heavy atom. The summed E-state index contributed by atoms with van der Waals surface area (Å²) in [6.45, 7) is 3.02. The smallest absolute Gasteiger partial charge is 0.225 e. The van der Waals surface area contributed by atoms with Crippen LogP contribution in [0.15, 0.2) is 12.4 Å². The van der Waals surface area contributed by atoms with Crippen molar-refractivity contribution in [3.63, 3.8) is 0 Å². The Morgan fingerprint density at radius 3 is 2.67 bits per heavy atom. The number of hydrogen-bond donors (Lipinski definition) is 1. The van der Waals surface area contributed by atoms with Gasteiger partial charge in [-0.15, -0.1) is 0 Å². The summed E-state index contributed by atoms with van der Waals surface area (Å²) in [4.78, 5) is 20.9. The van der Waals surface area contributed by atoms with Gasteiger partial charge in [0, 0.05) is 20.0 Å². The average molecular weight is 227 g/mol. The van der Waals surface area contributed by atoms with Crippen LogP contribution < -0.4 is 10.2 Å². The summed E-state index contributed by atoms with van der Waals surface area (Å²) < 4.78 is 0. The van der Waals surface area contributed by atoms with E-state index in [4.69, 9.17) is 11.6 Å². The van der Waals surface area contributed by atoms with Gasteiger partial charge >= 0.3 is 0 Å². The topological polar surface area (TPSA) is 58.1 Å². The van der Waals surface area contributed by atoms with Gasteiger partial charge in [0.15, 0.2) is 0 Å². The molecule has 0 saturated carbocycles. The van der Waals surface area contributed by atoms with E-state index in [9.17, 15) is 4.79 Å². The third-order valence-corrected chi connectivity index (χ3v) is 2.37. The molecule has 1 aromatic rings. The number of carbonyl (C=O) groups excluding carboxylic acids is 1. The van der Waals surface area contributed by atoms with Crippen molar-refractivity contribution < 1.29 is 4.79 Å². The van der Waals surface area contributed by atoms with E-state index in [-0.39, 0.29) is 11.9 Å². The van der Waals surface area contributed by atoms with Crippen LogP contribution >= 0.6 is 11.6 Å². The van der Waals surface area contributed by atoms with Crippen LogP contribution in [0.25, 0.3) is 0 Å². The third kappa shape index (κ3) is 2.36. The van der Waals surface area contributed by atoms with Crippen molar-refractivity contribution in [3.8, 4) is 0 Å². The van der Waals surface area contributed by atoms with Crippen molar-refractivity contribution in [2.75, 3.05) is 18.0 Å². The van der Waals surface area contributed by atoms with Crippen molar-refractivity contribution in [2.24, 2.45) is 0 Å². The molecule has 1 amide bonds. The second-order valence-electron chi connectivity index (χ2n) is 3.50. The number of hydrogen-bond acceptors (Lipinski definition) is 4. The van der Waals surface area contributed by atoms with E-state index in [0.29, 0.717) is 11.0 Å². The highest BCUT2D eigenvalue weighted by Crippen LogP contribution is 2.16. The van der Waals surface area contributed by atoms with Crippen LogP contribution in [0.3, 0.4) is 0 Å². The highest BCUT2D eigenvalue weighted by Gasteiger charge is 2.28. The fourth-order valence-corrected chi connectivity index (χ4v) is 1.59. The van der Waals surface area contributed by atoms with Gasteiger partial charge in [0.25, 0.3) is 0 Å². The monoisotopic (exact) mass is 226 g/mol. The van der Waals surface area contributed by atoms with Crippen molar-refractivity contribution >= 4 is 23.5 Å². The summed E-state index contributed by atoms with van der Waals surface area (Å²) >= 11 is 5.67. The molecule has 1 aliphatic heterocycles. The number of nitrogens with one attached hydrogen (secondary N) is 1. The summed E-state index contributed by atoms with van der Waals surface area (Å²) in [6, 6.07) is 0.210. The Hall–Kier alpha value is -1.36. The van der Waals surface area contributed by atoms with Gasteiger partial charge in [0.2, 0.25) is 11.9 Å². The van der Waals surface area contributed by atoms with Crippen molar-refractivity contribution in [1.82, 2.24) is 15.3 Å². The first kappa shape index (κ1) is 10.2. The lowest BCUT2D eigenvalue weighted by Crippen LogP contribution is -2.59. The highest BCUT2D eigenvalue weighted by atomic mass is 35.5. The van der Waals surface area contributed by atoms with Gasteiger partial charge in [0.1, 0.15) is 0 Å². The number of aromatic nitrogens is 2. The fourth-order valence-electron chi connectivity index (χ4n) is 1.49. The second-order valence-corrected chi connectivity index (χ2v) is 3.94. The van der Waals surface area contributed by atoms with Crippen LogP contribution in [0.4, 0.5) is 5.95 Å². The maximum absolute atomic E-state index is 10.8. The standard InChI is InChI=1S/C9H11ClN4O/c1-6(15)13-8-4-14(5-8)9-11-2-7(10)3-12-9/h2-3,8H,4-5H2,1H3,(H,13,15). The molecule has 1 aromatic heterocycles. The molecule has 6 heteroatoms. The summed E-state index contributed by atoms with van der Waals surface area (Å²) in [7, 11) is 0. The predicted octanol–water partition coefficient (Wildman–Crippen LogP) is 0.455. The Labute approximate surface area is 92.5 Å². The van der Waals surface area contributed by atoms with Gasteiger partial charge in [-0.05, 0) is 0 Å². The molecule has 80 valence electrons. The highest BCUT2D eigenvalue weighted by molar-refractivity contribution is 6.30. The molecular formula is C9H11ClN4O. The average Bonchev–Trinajstić information content (AvgIpc) is 2.12. The zero-order valence-electron chi connectivity index (χ0n) is 8.27. The molecule has 15 heavy (non-hydrogen) atoms. The van der Waals surface area contributed by atoms with Crippen molar-refractivity contribution in [2.45, 2.75) is 13.0 Å². The summed E-state index contributed by atoms with van der Waals surface area (Å²) in [5.41, 5.74) is 0. The number of rotatable bonds is 2. The van der Waals surface area contributed by atoms with E-state index in [0.717, 1.165) is 13.1 Å². The normalized spacial score (nSPS) is 16.0. The van der Waals surface area contributed by atoms with E-state index in [1.165, 1.54) is 6.92 Å². The molecule has 0 aliphatic carbocycles. The minimum atomic E-state index is -0.00308. The van der Waals surface area contributed by atoms with Crippen LogP contribution in [-0.2, 0) is 4.79 Å². The zero-order valence-corrected chi connectivity index (χ0v) is 9.03. The van der Waals surface area contributed by atoms with Gasteiger partial charge in [-0.25, -0.2) is 9.97 Å². The Balaban J connectivity index is 1.89. The van der Waals surface area contributed by atoms with Gasteiger partial charge in [0.05, 0.1) is 23.5 Å². The maximum atomic E-state index is 10.8. The SMILES string of the molecule is CC(=O)NC1CN(c2ncc(Cl)cn2)C1. The van der Waals surface area contributed by atoms with Crippen LogP contribution in [0, 0.1) is 0 Å². The second kappa shape index (κ2) is 4.02. The number of halogens is 1. The van der Waals surface area contributed by atoms with E-state index in [2.05, 4.69) is 15.3 Å². The van der Waals surface area contributed by atoms with E-state index in [1.807, 2.05) is 4.90 Å². The molecule has 1 fully saturated rings. The number of carbonyl (C=O) groups is 1. The van der Waals surface area contributed by atoms with Crippen LogP contribution in [0.1, 0.15) is 6.92 Å². The zero-order chi connectivity index (χ0) is 10.8. The van der Waals surface area contributed by atoms with Gasteiger partial charge in [-0.3, -0.25) is 4.79 Å². The van der Waals surface area contributed by atoms with Crippen LogP contribution in [0.2, 0.25) is 5.02 Å². The molecule has 0 atom stereocenters. The number of nitrogens with zero attached hydrogens (tertiary/aromatic N) is 3. The molecule has 0 spiro atoms. The minimum absolute atomic E-state index is 0.00308. The van der Waals surface area contributed by atoms with Crippen LogP contribution in [0.5, 0.6) is 0 Å². The Kier molecular flexibility index (Phi) is 2.73. The Bertz CT molecular complexity index is 361. The molecule has 2 rings (SSSR count). The molecule has 0 aromatic carbocycles. The molecule has 5 nitrogen and oxygen atoms in total. The van der Waals surface area contributed by atoms with Crippen molar-refractivity contribution in [3.05, 3.63) is 17.4 Å². The van der Waals surface area contributed by atoms with Crippen LogP contribution in [-0.4, -0.2) is 35.0 Å². The summed E-state index contributed by atoms with van der Waals surface area (Å²) in [5.74, 6) is 0.651. The molecule has 0 radical (unpaired) electrons. The molecule has 1 N–H and O–H groups in total. The number of amides is 1. The molecular weight excluding hydrogens is 216 g/mol. The largest absolute Gasteiger partial charge is 0.350 e. The maximum Gasteiger partial charge on any atom is 0.225 e. The van der Waals surface area contributed by atoms with Gasteiger partial charge in [-0.2, -0.15) is 0 Å². The summed E-state index contributed by atoms with van der Waals surface area (Å²) in [5, 5.41) is 3.35. The third-order valence-electron chi connectivity index (χ3n) is 2.18. The predicted molar refractivity (Wildman–Crippen MR) is 56.9 cm³/mol. The van der Waals surface area contributed by atoms with Gasteiger partial charge < -0.3 is 10.2 Å². The molecule has 0 unspecified atom stereocenters. The first-order valence-corrected chi connectivity index (χ1v) is 5.02. The molecule has 1 saturated heterocycles. The lowest BCUT2D eigenvalue weighted by molar-refractivity contribution is -0.119. The Morgan fingerprint density at radius 2 is 2.13 bits per heavy atom.